The first-order valence-corrected chi connectivity index (χ1v) is 9.44. The van der Waals surface area contributed by atoms with Gasteiger partial charge in [-0.1, -0.05) is 12.1 Å². The molecule has 142 valence electrons. The van der Waals surface area contributed by atoms with Gasteiger partial charge >= 0.3 is 0 Å². The molecule has 1 amide bonds. The molecule has 0 radical (unpaired) electrons. The minimum absolute atomic E-state index is 0.240. The first kappa shape index (κ1) is 18.1. The Morgan fingerprint density at radius 3 is 2.54 bits per heavy atom. The number of carbonyl (C=O) groups excluding carboxylic acids is 1. The molecule has 0 saturated heterocycles. The van der Waals surface area contributed by atoms with Crippen molar-refractivity contribution >= 4 is 27.5 Å². The van der Waals surface area contributed by atoms with E-state index in [9.17, 15) is 4.79 Å². The number of thiazole rings is 1. The largest absolute Gasteiger partial charge is 0.497 e. The van der Waals surface area contributed by atoms with Crippen LogP contribution in [0.5, 0.6) is 11.5 Å². The molecule has 0 unspecified atom stereocenters. The second-order valence-corrected chi connectivity index (χ2v) is 7.08. The van der Waals surface area contributed by atoms with Gasteiger partial charge in [0.05, 0.1) is 24.4 Å². The van der Waals surface area contributed by atoms with Crippen LogP contribution in [0.2, 0.25) is 0 Å². The van der Waals surface area contributed by atoms with Crippen LogP contribution < -0.4 is 14.8 Å². The fourth-order valence-corrected chi connectivity index (χ4v) is 3.72. The number of hydrogen-bond acceptors (Lipinski definition) is 6. The summed E-state index contributed by atoms with van der Waals surface area (Å²) in [6.45, 7) is 0.323. The van der Waals surface area contributed by atoms with Crippen LogP contribution in [-0.4, -0.2) is 25.1 Å². The van der Waals surface area contributed by atoms with Gasteiger partial charge in [0.25, 0.3) is 5.91 Å². The lowest BCUT2D eigenvalue weighted by Crippen LogP contribution is -2.22. The Morgan fingerprint density at radius 1 is 1.07 bits per heavy atom. The molecule has 6 nitrogen and oxygen atoms in total. The lowest BCUT2D eigenvalue weighted by atomic mass is 10.2. The molecular weight excluding hydrogens is 376 g/mol. The van der Waals surface area contributed by atoms with Gasteiger partial charge in [0.1, 0.15) is 11.5 Å². The molecule has 0 atom stereocenters. The normalized spacial score (nSPS) is 10.8. The molecule has 0 saturated carbocycles. The fraction of sp³-hybridized carbons (Fsp3) is 0.143. The van der Waals surface area contributed by atoms with Gasteiger partial charge in [-0.3, -0.25) is 4.79 Å². The van der Waals surface area contributed by atoms with Gasteiger partial charge < -0.3 is 19.2 Å². The maximum absolute atomic E-state index is 12.5. The van der Waals surface area contributed by atoms with Crippen LogP contribution in [0.25, 0.3) is 21.0 Å². The lowest BCUT2D eigenvalue weighted by Gasteiger charge is -2.09. The number of aromatic nitrogens is 1. The average molecular weight is 394 g/mol. The Morgan fingerprint density at radius 2 is 1.82 bits per heavy atom. The highest BCUT2D eigenvalue weighted by atomic mass is 32.1. The highest BCUT2D eigenvalue weighted by molar-refractivity contribution is 7.21. The second-order valence-electron chi connectivity index (χ2n) is 6.05. The topological polar surface area (TPSA) is 73.6 Å². The summed E-state index contributed by atoms with van der Waals surface area (Å²) in [6.07, 6.45) is 0. The smallest absolute Gasteiger partial charge is 0.287 e. The predicted molar refractivity (Wildman–Crippen MR) is 108 cm³/mol. The van der Waals surface area contributed by atoms with Crippen molar-refractivity contribution in [3.05, 3.63) is 65.9 Å². The Balaban J connectivity index is 1.47. The van der Waals surface area contributed by atoms with Crippen molar-refractivity contribution in [1.29, 1.82) is 0 Å². The van der Waals surface area contributed by atoms with E-state index in [0.29, 0.717) is 23.8 Å². The van der Waals surface area contributed by atoms with E-state index in [1.807, 2.05) is 36.4 Å². The molecule has 0 bridgehead atoms. The SMILES string of the molecule is COc1cc(CNC(=O)c2ccc(-c3nc4ccccc4s3)o2)cc(OC)c1. The lowest BCUT2D eigenvalue weighted by molar-refractivity contribution is 0.0924. The van der Waals surface area contributed by atoms with E-state index in [-0.39, 0.29) is 11.7 Å². The number of amides is 1. The van der Waals surface area contributed by atoms with Crippen LogP contribution in [0.3, 0.4) is 0 Å². The van der Waals surface area contributed by atoms with Crippen molar-refractivity contribution in [3.63, 3.8) is 0 Å². The molecule has 0 aliphatic heterocycles. The van der Waals surface area contributed by atoms with Gasteiger partial charge in [0.2, 0.25) is 0 Å². The molecule has 1 N–H and O–H groups in total. The summed E-state index contributed by atoms with van der Waals surface area (Å²) in [4.78, 5) is 17.0. The number of carbonyl (C=O) groups is 1. The van der Waals surface area contributed by atoms with Gasteiger partial charge in [0, 0.05) is 12.6 Å². The highest BCUT2D eigenvalue weighted by Gasteiger charge is 2.15. The maximum atomic E-state index is 12.5. The molecule has 0 spiro atoms. The predicted octanol–water partition coefficient (Wildman–Crippen LogP) is 4.50. The van der Waals surface area contributed by atoms with Gasteiger partial charge in [0.15, 0.2) is 16.5 Å². The van der Waals surface area contributed by atoms with E-state index in [0.717, 1.165) is 20.8 Å². The Hall–Kier alpha value is -3.32. The number of nitrogens with zero attached hydrogens (tertiary/aromatic N) is 1. The monoisotopic (exact) mass is 394 g/mol. The molecule has 4 rings (SSSR count). The molecule has 2 aromatic heterocycles. The standard InChI is InChI=1S/C21H18N2O4S/c1-25-14-9-13(10-15(11-14)26-2)12-22-20(24)17-7-8-18(27-17)21-23-16-5-3-4-6-19(16)28-21/h3-11H,12H2,1-2H3,(H,22,24). The average Bonchev–Trinajstić information content (AvgIpc) is 3.38. The molecule has 4 aromatic rings. The number of rotatable bonds is 6. The van der Waals surface area contributed by atoms with Crippen molar-refractivity contribution in [2.45, 2.75) is 6.54 Å². The van der Waals surface area contributed by atoms with Crippen molar-refractivity contribution in [1.82, 2.24) is 10.3 Å². The number of fused-ring (bicyclic) bond motifs is 1. The third-order valence-corrected chi connectivity index (χ3v) is 5.25. The number of para-hydroxylation sites is 1. The fourth-order valence-electron chi connectivity index (χ4n) is 2.79. The number of nitrogens with one attached hydrogen (secondary N) is 1. The third-order valence-electron chi connectivity index (χ3n) is 4.20. The molecule has 28 heavy (non-hydrogen) atoms. The van der Waals surface area contributed by atoms with Crippen LogP contribution in [0.1, 0.15) is 16.1 Å². The zero-order valence-electron chi connectivity index (χ0n) is 15.4. The summed E-state index contributed by atoms with van der Waals surface area (Å²) >= 11 is 1.53. The van der Waals surface area contributed by atoms with E-state index >= 15 is 0 Å². The molecule has 0 fully saturated rings. The highest BCUT2D eigenvalue weighted by Crippen LogP contribution is 2.31. The molecular formula is C21H18N2O4S. The molecule has 7 heteroatoms. The van der Waals surface area contributed by atoms with Gasteiger partial charge in [-0.15, -0.1) is 11.3 Å². The summed E-state index contributed by atoms with van der Waals surface area (Å²) in [7, 11) is 3.17. The van der Waals surface area contributed by atoms with Crippen molar-refractivity contribution in [2.75, 3.05) is 14.2 Å². The summed E-state index contributed by atoms with van der Waals surface area (Å²) < 4.78 is 17.3. The zero-order chi connectivity index (χ0) is 19.5. The van der Waals surface area contributed by atoms with Gasteiger partial charge in [-0.05, 0) is 42.0 Å². The molecule has 0 aliphatic rings. The minimum Gasteiger partial charge on any atom is -0.497 e. The minimum atomic E-state index is -0.297. The Bertz CT molecular complexity index is 1080. The van der Waals surface area contributed by atoms with Crippen molar-refractivity contribution in [2.24, 2.45) is 0 Å². The van der Waals surface area contributed by atoms with E-state index in [2.05, 4.69) is 10.3 Å². The van der Waals surface area contributed by atoms with E-state index in [1.54, 1.807) is 32.4 Å². The Labute approximate surface area is 165 Å². The number of benzene rings is 2. The summed E-state index contributed by atoms with van der Waals surface area (Å²) in [6, 6.07) is 16.8. The summed E-state index contributed by atoms with van der Waals surface area (Å²) in [5.74, 6) is 1.85. The van der Waals surface area contributed by atoms with Gasteiger partial charge in [-0.25, -0.2) is 4.98 Å². The van der Waals surface area contributed by atoms with Gasteiger partial charge in [-0.2, -0.15) is 0 Å². The van der Waals surface area contributed by atoms with Crippen LogP contribution in [0.4, 0.5) is 0 Å². The van der Waals surface area contributed by atoms with Crippen LogP contribution in [-0.2, 0) is 6.54 Å². The van der Waals surface area contributed by atoms with E-state index in [1.165, 1.54) is 11.3 Å². The first-order valence-electron chi connectivity index (χ1n) is 8.62. The Kier molecular flexibility index (Phi) is 4.99. The van der Waals surface area contributed by atoms with Crippen molar-refractivity contribution < 1.29 is 18.7 Å². The number of methoxy groups -OCH3 is 2. The maximum Gasteiger partial charge on any atom is 0.287 e. The van der Waals surface area contributed by atoms with Crippen molar-refractivity contribution in [3.8, 4) is 22.3 Å². The van der Waals surface area contributed by atoms with E-state index in [4.69, 9.17) is 13.9 Å². The van der Waals surface area contributed by atoms with E-state index < -0.39 is 0 Å². The summed E-state index contributed by atoms with van der Waals surface area (Å²) in [5.41, 5.74) is 1.78. The van der Waals surface area contributed by atoms with Crippen LogP contribution >= 0.6 is 11.3 Å². The number of ether oxygens (including phenoxy) is 2. The van der Waals surface area contributed by atoms with Crippen LogP contribution in [0, 0.1) is 0 Å². The van der Waals surface area contributed by atoms with Crippen LogP contribution in [0.15, 0.2) is 59.0 Å². The second kappa shape index (κ2) is 7.74. The quantitative estimate of drug-likeness (QED) is 0.521. The molecule has 0 aliphatic carbocycles. The molecule has 2 heterocycles. The number of hydrogen-bond donors (Lipinski definition) is 1. The summed E-state index contributed by atoms with van der Waals surface area (Å²) in [5, 5.41) is 3.60. The molecule has 2 aromatic carbocycles. The number of furan rings is 1. The third kappa shape index (κ3) is 3.70. The first-order chi connectivity index (χ1) is 13.7. The zero-order valence-corrected chi connectivity index (χ0v) is 16.2.